The van der Waals surface area contributed by atoms with Crippen LogP contribution in [0, 0.1) is 6.92 Å². The van der Waals surface area contributed by atoms with Crippen molar-refractivity contribution in [3.05, 3.63) is 35.4 Å². The molecule has 0 bridgehead atoms. The molecule has 1 amide bonds. The number of nitrogens with one attached hydrogen (secondary N) is 1. The van der Waals surface area contributed by atoms with Crippen molar-refractivity contribution in [2.24, 2.45) is 5.84 Å². The molecule has 1 atom stereocenters. The monoisotopic (exact) mass is 301 g/mol. The molecule has 1 aliphatic rings. The van der Waals surface area contributed by atoms with Crippen LogP contribution < -0.4 is 16.2 Å². The molecule has 0 unspecified atom stereocenters. The molecule has 0 saturated heterocycles. The first-order valence-electron chi connectivity index (χ1n) is 7.92. The predicted molar refractivity (Wildman–Crippen MR) is 92.4 cm³/mol. The largest absolute Gasteiger partial charge is 0.350 e. The van der Waals surface area contributed by atoms with E-state index in [0.717, 1.165) is 18.5 Å². The summed E-state index contributed by atoms with van der Waals surface area (Å²) in [6.07, 6.45) is 3.93. The minimum absolute atomic E-state index is 0.128. The third-order valence-electron chi connectivity index (χ3n) is 4.41. The predicted octanol–water partition coefficient (Wildman–Crippen LogP) is 3.16. The second-order valence-electron chi connectivity index (χ2n) is 6.64. The summed E-state index contributed by atoms with van der Waals surface area (Å²) >= 11 is 0. The molecule has 1 heterocycles. The molecule has 0 saturated carbocycles. The van der Waals surface area contributed by atoms with Crippen molar-refractivity contribution < 1.29 is 4.79 Å². The standard InChI is InChI=1S/C18H27N3O/c1-6-8-15(17(22)20-19)21-16-12(2)9-7-10-14(16)13(3)11-18(21,4)5/h7,9-11,15H,6,8,19H2,1-5H3,(H,20,22)/t15-/m0/s1. The maximum atomic E-state index is 12.4. The lowest BCUT2D eigenvalue weighted by Crippen LogP contribution is -2.58. The maximum absolute atomic E-state index is 12.4. The zero-order chi connectivity index (χ0) is 16.5. The Kier molecular flexibility index (Phi) is 4.61. The Morgan fingerprint density at radius 1 is 1.36 bits per heavy atom. The van der Waals surface area contributed by atoms with Gasteiger partial charge in [-0.05, 0) is 45.3 Å². The second kappa shape index (κ2) is 6.13. The Labute approximate surface area is 133 Å². The third-order valence-corrected chi connectivity index (χ3v) is 4.41. The van der Waals surface area contributed by atoms with Crippen LogP contribution in [0.15, 0.2) is 24.3 Å². The first-order chi connectivity index (χ1) is 10.3. The molecule has 3 N–H and O–H groups in total. The molecule has 0 spiro atoms. The molecule has 1 aromatic carbocycles. The highest BCUT2D eigenvalue weighted by molar-refractivity contribution is 5.90. The van der Waals surface area contributed by atoms with Crippen molar-refractivity contribution in [3.8, 4) is 0 Å². The number of benzene rings is 1. The summed E-state index contributed by atoms with van der Waals surface area (Å²) in [6, 6.07) is 6.03. The summed E-state index contributed by atoms with van der Waals surface area (Å²) in [4.78, 5) is 14.6. The van der Waals surface area contributed by atoms with Crippen molar-refractivity contribution in [1.29, 1.82) is 0 Å². The van der Waals surface area contributed by atoms with Gasteiger partial charge in [-0.1, -0.05) is 37.6 Å². The van der Waals surface area contributed by atoms with Crippen LogP contribution in [-0.2, 0) is 4.79 Å². The number of nitrogens with zero attached hydrogens (tertiary/aromatic N) is 1. The summed E-state index contributed by atoms with van der Waals surface area (Å²) in [5.41, 5.74) is 6.89. The van der Waals surface area contributed by atoms with Crippen LogP contribution in [0.3, 0.4) is 0 Å². The van der Waals surface area contributed by atoms with Crippen LogP contribution in [0.1, 0.15) is 51.7 Å². The van der Waals surface area contributed by atoms with Crippen molar-refractivity contribution in [1.82, 2.24) is 5.43 Å². The number of hydrogen-bond donors (Lipinski definition) is 2. The Hall–Kier alpha value is -1.81. The number of hydrogen-bond acceptors (Lipinski definition) is 3. The Balaban J connectivity index is 2.65. The number of para-hydroxylation sites is 1. The normalized spacial score (nSPS) is 17.5. The SMILES string of the molecule is CCC[C@@H](C(=O)NN)N1c2c(C)cccc2C(C)=CC1(C)C. The number of carbonyl (C=O) groups excluding carboxylic acids is 1. The van der Waals surface area contributed by atoms with Crippen molar-refractivity contribution in [2.45, 2.75) is 59.0 Å². The lowest BCUT2D eigenvalue weighted by Gasteiger charge is -2.47. The Morgan fingerprint density at radius 2 is 2.05 bits per heavy atom. The molecule has 1 aromatic rings. The van der Waals surface area contributed by atoms with E-state index < -0.39 is 0 Å². The van der Waals surface area contributed by atoms with Gasteiger partial charge in [-0.3, -0.25) is 10.2 Å². The molecular formula is C18H27N3O. The molecule has 4 heteroatoms. The zero-order valence-electron chi connectivity index (χ0n) is 14.2. The van der Waals surface area contributed by atoms with Crippen LogP contribution in [0.5, 0.6) is 0 Å². The van der Waals surface area contributed by atoms with Gasteiger partial charge in [0.1, 0.15) is 6.04 Å². The average molecular weight is 301 g/mol. The van der Waals surface area contributed by atoms with Gasteiger partial charge >= 0.3 is 0 Å². The van der Waals surface area contributed by atoms with Crippen LogP contribution in [0.4, 0.5) is 5.69 Å². The topological polar surface area (TPSA) is 58.4 Å². The molecule has 2 rings (SSSR count). The summed E-state index contributed by atoms with van der Waals surface area (Å²) in [7, 11) is 0. The number of allylic oxidation sites excluding steroid dienone is 1. The summed E-state index contributed by atoms with van der Waals surface area (Å²) in [5, 5.41) is 0. The maximum Gasteiger partial charge on any atom is 0.256 e. The van der Waals surface area contributed by atoms with Gasteiger partial charge in [0.15, 0.2) is 0 Å². The minimum atomic E-state index is -0.269. The number of anilines is 1. The summed E-state index contributed by atoms with van der Waals surface area (Å²) < 4.78 is 0. The fraction of sp³-hybridized carbons (Fsp3) is 0.500. The van der Waals surface area contributed by atoms with E-state index in [-0.39, 0.29) is 17.5 Å². The molecule has 0 aliphatic carbocycles. The van der Waals surface area contributed by atoms with Crippen LogP contribution >= 0.6 is 0 Å². The fourth-order valence-electron chi connectivity index (χ4n) is 3.57. The van der Waals surface area contributed by atoms with Gasteiger partial charge < -0.3 is 4.90 Å². The molecule has 0 aromatic heterocycles. The second-order valence-corrected chi connectivity index (χ2v) is 6.64. The number of rotatable bonds is 4. The van der Waals surface area contributed by atoms with Gasteiger partial charge in [-0.25, -0.2) is 5.84 Å². The molecule has 0 radical (unpaired) electrons. The van der Waals surface area contributed by atoms with E-state index in [1.165, 1.54) is 16.7 Å². The van der Waals surface area contributed by atoms with E-state index >= 15 is 0 Å². The van der Waals surface area contributed by atoms with Gasteiger partial charge in [0.2, 0.25) is 0 Å². The van der Waals surface area contributed by atoms with E-state index in [1.807, 2.05) is 0 Å². The van der Waals surface area contributed by atoms with Crippen LogP contribution in [-0.4, -0.2) is 17.5 Å². The van der Waals surface area contributed by atoms with Crippen molar-refractivity contribution in [2.75, 3.05) is 4.90 Å². The van der Waals surface area contributed by atoms with Crippen molar-refractivity contribution >= 4 is 17.2 Å². The average Bonchev–Trinajstić information content (AvgIpc) is 2.45. The smallest absolute Gasteiger partial charge is 0.256 e. The van der Waals surface area contributed by atoms with Gasteiger partial charge in [-0.15, -0.1) is 0 Å². The Bertz CT molecular complexity index is 604. The molecule has 1 aliphatic heterocycles. The van der Waals surface area contributed by atoms with Crippen LogP contribution in [0.2, 0.25) is 0 Å². The third kappa shape index (κ3) is 2.75. The molecule has 120 valence electrons. The summed E-state index contributed by atoms with van der Waals surface area (Å²) in [6.45, 7) is 10.6. The number of fused-ring (bicyclic) bond motifs is 1. The highest BCUT2D eigenvalue weighted by atomic mass is 16.2. The quantitative estimate of drug-likeness (QED) is 0.510. The Morgan fingerprint density at radius 3 is 2.64 bits per heavy atom. The lowest BCUT2D eigenvalue weighted by atomic mass is 9.85. The summed E-state index contributed by atoms with van der Waals surface area (Å²) in [5.74, 6) is 5.31. The number of amides is 1. The van der Waals surface area contributed by atoms with Gasteiger partial charge in [0.05, 0.1) is 5.54 Å². The van der Waals surface area contributed by atoms with E-state index in [4.69, 9.17) is 5.84 Å². The van der Waals surface area contributed by atoms with E-state index in [2.05, 4.69) is 69.2 Å². The first-order valence-corrected chi connectivity index (χ1v) is 7.92. The van der Waals surface area contributed by atoms with E-state index in [0.29, 0.717) is 0 Å². The number of carbonyl (C=O) groups is 1. The molecule has 0 fully saturated rings. The number of nitrogens with two attached hydrogens (primary N) is 1. The highest BCUT2D eigenvalue weighted by Gasteiger charge is 2.39. The lowest BCUT2D eigenvalue weighted by molar-refractivity contribution is -0.122. The van der Waals surface area contributed by atoms with Gasteiger partial charge in [0.25, 0.3) is 5.91 Å². The number of aryl methyl sites for hydroxylation is 1. The molecular weight excluding hydrogens is 274 g/mol. The zero-order valence-corrected chi connectivity index (χ0v) is 14.2. The van der Waals surface area contributed by atoms with Gasteiger partial charge in [-0.2, -0.15) is 0 Å². The molecule has 4 nitrogen and oxygen atoms in total. The van der Waals surface area contributed by atoms with E-state index in [1.54, 1.807) is 0 Å². The fourth-order valence-corrected chi connectivity index (χ4v) is 3.57. The van der Waals surface area contributed by atoms with E-state index in [9.17, 15) is 4.79 Å². The minimum Gasteiger partial charge on any atom is -0.350 e. The van der Waals surface area contributed by atoms with Crippen molar-refractivity contribution in [3.63, 3.8) is 0 Å². The number of hydrazine groups is 1. The first kappa shape index (κ1) is 16.6. The molecule has 22 heavy (non-hydrogen) atoms. The van der Waals surface area contributed by atoms with Crippen LogP contribution in [0.25, 0.3) is 5.57 Å². The highest BCUT2D eigenvalue weighted by Crippen LogP contribution is 2.42. The van der Waals surface area contributed by atoms with Gasteiger partial charge in [0, 0.05) is 11.3 Å².